The number of aromatic nitrogens is 4. The molecule has 4 aromatic heterocycles. The first kappa shape index (κ1) is 39.8. The van der Waals surface area contributed by atoms with Crippen LogP contribution in [0.25, 0.3) is 142 Å². The smallest absolute Gasteiger partial charge is 0.235 e. The van der Waals surface area contributed by atoms with Gasteiger partial charge in [0.2, 0.25) is 5.95 Å². The van der Waals surface area contributed by atoms with Crippen LogP contribution in [0.15, 0.2) is 243 Å². The summed E-state index contributed by atoms with van der Waals surface area (Å²) in [5.74, 6) is 0.645. The van der Waals surface area contributed by atoms with Gasteiger partial charge >= 0.3 is 0 Å². The van der Waals surface area contributed by atoms with E-state index in [4.69, 9.17) is 9.97 Å². The van der Waals surface area contributed by atoms with E-state index in [2.05, 4.69) is 252 Å². The second-order valence-electron chi connectivity index (χ2n) is 18.5. The lowest BCUT2D eigenvalue weighted by Gasteiger charge is -2.12. The molecule has 4 nitrogen and oxygen atoms in total. The molecule has 4 heterocycles. The summed E-state index contributed by atoms with van der Waals surface area (Å²) in [6.45, 7) is 0. The molecule has 0 radical (unpaired) electrons. The second kappa shape index (κ2) is 15.7. The minimum atomic E-state index is 0.645. The summed E-state index contributed by atoms with van der Waals surface area (Å²) >= 11 is 1.75. The summed E-state index contributed by atoms with van der Waals surface area (Å²) in [7, 11) is 0. The van der Waals surface area contributed by atoms with Gasteiger partial charge in [-0.1, -0.05) is 188 Å². The van der Waals surface area contributed by atoms with Gasteiger partial charge < -0.3 is 4.57 Å². The van der Waals surface area contributed by atoms with Crippen molar-refractivity contribution in [1.82, 2.24) is 19.1 Å². The second-order valence-corrected chi connectivity index (χ2v) is 19.6. The number of rotatable bonds is 6. The summed E-state index contributed by atoms with van der Waals surface area (Å²) in [5.41, 5.74) is 14.4. The van der Waals surface area contributed by atoms with Gasteiger partial charge in [0.05, 0.1) is 38.0 Å². The topological polar surface area (TPSA) is 35.6 Å². The van der Waals surface area contributed by atoms with E-state index in [0.29, 0.717) is 5.95 Å². The zero-order chi connectivity index (χ0) is 46.6. The molecule has 0 spiro atoms. The highest BCUT2D eigenvalue weighted by atomic mass is 32.1. The first-order valence-corrected chi connectivity index (χ1v) is 24.9. The Balaban J connectivity index is 0.943. The van der Waals surface area contributed by atoms with E-state index in [0.717, 1.165) is 65.0 Å². The van der Waals surface area contributed by atoms with Crippen molar-refractivity contribution in [2.75, 3.05) is 0 Å². The SMILES string of the molecule is c1ccc(-c2cc3nc(-n4c5ccc(-c6ccc7c8c9ccccc9ccc8n(-c8ccccc8)c7c6)cc5c5cc6ccccc6cc54)nc(-c4ccc(-c5cccc6ccccc56)cc4)c3s2)cc1. The van der Waals surface area contributed by atoms with Gasteiger partial charge in [-0.05, 0) is 115 Å². The van der Waals surface area contributed by atoms with Gasteiger partial charge in [0.1, 0.15) is 0 Å². The van der Waals surface area contributed by atoms with Crippen LogP contribution >= 0.6 is 11.3 Å². The Morgan fingerprint density at radius 1 is 0.324 bits per heavy atom. The standard InChI is InChI=1S/C66H40N4S/c1-3-16-44(17-4-1)62-40-57-65(71-62)64(45-28-26-43(27-29-45)52-25-13-20-41-14-9-11-23-51(41)52)68-66(67-57)70-58-34-32-48(37-55(58)56-36-46-18-7-8-19-47(46)38-61(56)70)49-30-33-54-60(39-49)69(50-21-5-2-6-22-50)59-35-31-42-15-10-12-24-53(42)63(54)59/h1-40H. The highest BCUT2D eigenvalue weighted by Gasteiger charge is 2.22. The van der Waals surface area contributed by atoms with Gasteiger partial charge in [-0.25, -0.2) is 9.97 Å². The van der Waals surface area contributed by atoms with Crippen molar-refractivity contribution in [3.8, 4) is 55.6 Å². The van der Waals surface area contributed by atoms with E-state index < -0.39 is 0 Å². The maximum Gasteiger partial charge on any atom is 0.235 e. The van der Waals surface area contributed by atoms with Crippen LogP contribution in [0, 0.1) is 0 Å². The van der Waals surface area contributed by atoms with E-state index in [1.807, 2.05) is 0 Å². The number of nitrogens with zero attached hydrogens (tertiary/aromatic N) is 4. The van der Waals surface area contributed by atoms with Gasteiger partial charge in [0.15, 0.2) is 0 Å². The fourth-order valence-electron chi connectivity index (χ4n) is 11.2. The van der Waals surface area contributed by atoms with Gasteiger partial charge in [0.25, 0.3) is 0 Å². The van der Waals surface area contributed by atoms with E-state index in [-0.39, 0.29) is 0 Å². The summed E-state index contributed by atoms with van der Waals surface area (Å²) in [4.78, 5) is 12.3. The molecule has 0 N–H and O–H groups in total. The zero-order valence-corrected chi connectivity index (χ0v) is 39.1. The van der Waals surface area contributed by atoms with E-state index in [1.54, 1.807) is 11.3 Å². The molecular formula is C66H40N4S. The van der Waals surface area contributed by atoms with Gasteiger partial charge in [0, 0.05) is 37.7 Å². The Labute approximate surface area is 412 Å². The minimum Gasteiger partial charge on any atom is -0.309 e. The van der Waals surface area contributed by atoms with E-state index in [1.165, 1.54) is 70.8 Å². The molecule has 0 aliphatic heterocycles. The number of benzene rings is 11. The number of thiophene rings is 1. The predicted octanol–water partition coefficient (Wildman–Crippen LogP) is 18.0. The molecule has 11 aromatic carbocycles. The third-order valence-corrected chi connectivity index (χ3v) is 15.7. The molecule has 0 atom stereocenters. The van der Waals surface area contributed by atoms with Crippen LogP contribution in [0.4, 0.5) is 0 Å². The number of para-hydroxylation sites is 1. The van der Waals surface area contributed by atoms with Crippen molar-refractivity contribution in [3.63, 3.8) is 0 Å². The monoisotopic (exact) mass is 920 g/mol. The Bertz CT molecular complexity index is 4610. The molecular weight excluding hydrogens is 881 g/mol. The number of fused-ring (bicyclic) bond motifs is 11. The molecule has 0 aliphatic carbocycles. The molecule has 0 bridgehead atoms. The lowest BCUT2D eigenvalue weighted by Crippen LogP contribution is -2.02. The largest absolute Gasteiger partial charge is 0.309 e. The van der Waals surface area contributed by atoms with Crippen LogP contribution in [0.1, 0.15) is 0 Å². The Kier molecular flexibility index (Phi) is 8.79. The molecule has 71 heavy (non-hydrogen) atoms. The van der Waals surface area contributed by atoms with Crippen molar-refractivity contribution in [3.05, 3.63) is 243 Å². The third kappa shape index (κ3) is 6.30. The van der Waals surface area contributed by atoms with Crippen molar-refractivity contribution in [2.45, 2.75) is 0 Å². The predicted molar refractivity (Wildman–Crippen MR) is 300 cm³/mol. The van der Waals surface area contributed by atoms with Crippen molar-refractivity contribution in [2.24, 2.45) is 0 Å². The van der Waals surface area contributed by atoms with Crippen molar-refractivity contribution >= 4 is 97.5 Å². The number of hydrogen-bond acceptors (Lipinski definition) is 3. The maximum absolute atomic E-state index is 5.61. The first-order chi connectivity index (χ1) is 35.2. The van der Waals surface area contributed by atoms with Crippen LogP contribution < -0.4 is 0 Å². The highest BCUT2D eigenvalue weighted by molar-refractivity contribution is 7.22. The molecule has 0 unspecified atom stereocenters. The van der Waals surface area contributed by atoms with Crippen LogP contribution in [0.3, 0.4) is 0 Å². The Morgan fingerprint density at radius 3 is 1.75 bits per heavy atom. The van der Waals surface area contributed by atoms with Crippen molar-refractivity contribution in [1.29, 1.82) is 0 Å². The van der Waals surface area contributed by atoms with Gasteiger partial charge in [-0.2, -0.15) is 0 Å². The third-order valence-electron chi connectivity index (χ3n) is 14.5. The average molecular weight is 921 g/mol. The maximum atomic E-state index is 5.61. The normalized spacial score (nSPS) is 11.9. The van der Waals surface area contributed by atoms with Crippen LogP contribution in [-0.4, -0.2) is 19.1 Å². The Morgan fingerprint density at radius 2 is 0.930 bits per heavy atom. The number of hydrogen-bond donors (Lipinski definition) is 0. The van der Waals surface area contributed by atoms with Crippen LogP contribution in [0.2, 0.25) is 0 Å². The molecule has 0 amide bonds. The lowest BCUT2D eigenvalue weighted by atomic mass is 9.97. The quantitative estimate of drug-likeness (QED) is 0.167. The molecule has 5 heteroatoms. The molecule has 0 saturated heterocycles. The van der Waals surface area contributed by atoms with Crippen LogP contribution in [-0.2, 0) is 0 Å². The van der Waals surface area contributed by atoms with Crippen LogP contribution in [0.5, 0.6) is 0 Å². The average Bonchev–Trinajstić information content (AvgIpc) is 4.12. The summed E-state index contributed by atoms with van der Waals surface area (Å²) in [6, 6.07) is 88.2. The van der Waals surface area contributed by atoms with Gasteiger partial charge in [-0.3, -0.25) is 4.57 Å². The highest BCUT2D eigenvalue weighted by Crippen LogP contribution is 2.43. The molecule has 15 rings (SSSR count). The van der Waals surface area contributed by atoms with Gasteiger partial charge in [-0.15, -0.1) is 11.3 Å². The molecule has 15 aromatic rings. The summed E-state index contributed by atoms with van der Waals surface area (Å²) in [5, 5.41) is 12.2. The lowest BCUT2D eigenvalue weighted by molar-refractivity contribution is 1.02. The fraction of sp³-hybridized carbons (Fsp3) is 0. The zero-order valence-electron chi connectivity index (χ0n) is 38.3. The summed E-state index contributed by atoms with van der Waals surface area (Å²) < 4.78 is 5.78. The minimum absolute atomic E-state index is 0.645. The molecule has 0 saturated carbocycles. The molecule has 330 valence electrons. The molecule has 0 aliphatic rings. The van der Waals surface area contributed by atoms with E-state index >= 15 is 0 Å². The molecule has 0 fully saturated rings. The van der Waals surface area contributed by atoms with Crippen molar-refractivity contribution < 1.29 is 0 Å². The fourth-order valence-corrected chi connectivity index (χ4v) is 12.3. The van der Waals surface area contributed by atoms with E-state index in [9.17, 15) is 0 Å². The Hall–Kier alpha value is -9.16. The summed E-state index contributed by atoms with van der Waals surface area (Å²) in [6.07, 6.45) is 0. The first-order valence-electron chi connectivity index (χ1n) is 24.1.